The molecule has 0 aliphatic heterocycles. The molecule has 0 saturated heterocycles. The van der Waals surface area contributed by atoms with Crippen molar-refractivity contribution in [1.29, 1.82) is 0 Å². The highest BCUT2D eigenvalue weighted by Crippen LogP contribution is 2.14. The fourth-order valence-corrected chi connectivity index (χ4v) is 0.548. The van der Waals surface area contributed by atoms with Crippen LogP contribution in [0.25, 0.3) is 0 Å². The molecule has 0 aromatic rings. The Balaban J connectivity index is 4.76. The maximum atomic E-state index is 10.2. The Bertz CT molecular complexity index is 233. The number of halogens is 1. The van der Waals surface area contributed by atoms with Crippen molar-refractivity contribution in [3.05, 3.63) is 33.1 Å². The summed E-state index contributed by atoms with van der Waals surface area (Å²) in [6.07, 6.45) is 2.42. The molecule has 60 valence electrons. The molecule has 0 atom stereocenters. The van der Waals surface area contributed by atoms with Crippen molar-refractivity contribution in [3.8, 4) is 0 Å². The molecule has 0 N–H and O–H groups in total. The fraction of sp³-hybridized carbons (Fsp3) is 0.167. The summed E-state index contributed by atoms with van der Waals surface area (Å²) in [5.41, 5.74) is -0.246. The molecule has 0 radical (unpaired) electrons. The van der Waals surface area contributed by atoms with E-state index >= 15 is 0 Å². The first-order valence-corrected chi connectivity index (χ1v) is 3.13. The lowest BCUT2D eigenvalue weighted by Gasteiger charge is -1.91. The molecule has 4 nitrogen and oxygen atoms in total. The van der Waals surface area contributed by atoms with Gasteiger partial charge in [0.25, 0.3) is 0 Å². The van der Waals surface area contributed by atoms with E-state index in [0.717, 1.165) is 6.20 Å². The minimum Gasteiger partial charge on any atom is -0.265 e. The topological polar surface area (TPSA) is 55.5 Å². The summed E-state index contributed by atoms with van der Waals surface area (Å²) in [6.45, 7) is 4.68. The molecular weight excluding hydrogens is 168 g/mol. The number of nitro groups is 1. The zero-order valence-electron chi connectivity index (χ0n) is 5.95. The average Bonchev–Trinajstić information content (AvgIpc) is 1.98. The van der Waals surface area contributed by atoms with E-state index in [1.165, 1.54) is 6.08 Å². The SMILES string of the molecule is C=N/C=C(\C(Cl)=C/C)[N+](=O)[O-]. The molecule has 0 aliphatic carbocycles. The summed E-state index contributed by atoms with van der Waals surface area (Å²) in [5.74, 6) is 0. The molecule has 0 bridgehead atoms. The maximum absolute atomic E-state index is 10.2. The van der Waals surface area contributed by atoms with Crippen LogP contribution in [-0.4, -0.2) is 11.6 Å². The largest absolute Gasteiger partial charge is 0.305 e. The Morgan fingerprint density at radius 1 is 1.82 bits per heavy atom. The van der Waals surface area contributed by atoms with Gasteiger partial charge in [-0.25, -0.2) is 0 Å². The molecule has 0 heterocycles. The molecule has 0 spiro atoms. The first kappa shape index (κ1) is 9.84. The van der Waals surface area contributed by atoms with Gasteiger partial charge in [0.1, 0.15) is 11.2 Å². The van der Waals surface area contributed by atoms with Crippen molar-refractivity contribution in [2.75, 3.05) is 0 Å². The van der Waals surface area contributed by atoms with E-state index in [-0.39, 0.29) is 10.7 Å². The van der Waals surface area contributed by atoms with Gasteiger partial charge in [-0.2, -0.15) is 0 Å². The fourth-order valence-electron chi connectivity index (χ4n) is 0.430. The molecule has 0 unspecified atom stereocenters. The molecule has 0 aliphatic rings. The third-order valence-corrected chi connectivity index (χ3v) is 1.32. The molecule has 11 heavy (non-hydrogen) atoms. The number of hydrogen-bond donors (Lipinski definition) is 0. The van der Waals surface area contributed by atoms with Crippen molar-refractivity contribution in [3.63, 3.8) is 0 Å². The Hall–Kier alpha value is -1.16. The van der Waals surface area contributed by atoms with Crippen LogP contribution in [0.4, 0.5) is 0 Å². The van der Waals surface area contributed by atoms with Crippen LogP contribution >= 0.6 is 11.6 Å². The van der Waals surface area contributed by atoms with Gasteiger partial charge in [-0.3, -0.25) is 15.1 Å². The van der Waals surface area contributed by atoms with E-state index in [1.54, 1.807) is 6.92 Å². The van der Waals surface area contributed by atoms with Gasteiger partial charge in [0.05, 0.1) is 4.92 Å². The lowest BCUT2D eigenvalue weighted by Crippen LogP contribution is -1.97. The highest BCUT2D eigenvalue weighted by Gasteiger charge is 2.13. The zero-order valence-corrected chi connectivity index (χ0v) is 6.71. The molecule has 5 heteroatoms. The van der Waals surface area contributed by atoms with E-state index in [2.05, 4.69) is 11.7 Å². The minimum atomic E-state index is -0.614. The second kappa shape index (κ2) is 4.62. The lowest BCUT2D eigenvalue weighted by molar-refractivity contribution is -0.420. The number of rotatable bonds is 3. The van der Waals surface area contributed by atoms with E-state index in [0.29, 0.717) is 0 Å². The second-order valence-corrected chi connectivity index (χ2v) is 2.00. The van der Waals surface area contributed by atoms with Crippen LogP contribution in [0, 0.1) is 10.1 Å². The predicted molar refractivity (Wildman–Crippen MR) is 44.2 cm³/mol. The van der Waals surface area contributed by atoms with Gasteiger partial charge in [0, 0.05) is 0 Å². The van der Waals surface area contributed by atoms with Gasteiger partial charge < -0.3 is 0 Å². The third kappa shape index (κ3) is 2.95. The van der Waals surface area contributed by atoms with Crippen LogP contribution in [0.15, 0.2) is 28.0 Å². The quantitative estimate of drug-likeness (QED) is 0.284. The summed E-state index contributed by atoms with van der Waals surface area (Å²) in [4.78, 5) is 12.8. The number of hydrogen-bond acceptors (Lipinski definition) is 3. The van der Waals surface area contributed by atoms with Crippen LogP contribution < -0.4 is 0 Å². The Morgan fingerprint density at radius 3 is 2.64 bits per heavy atom. The third-order valence-electron chi connectivity index (χ3n) is 0.908. The van der Waals surface area contributed by atoms with Gasteiger partial charge in [0.15, 0.2) is 0 Å². The van der Waals surface area contributed by atoms with Crippen LogP contribution in [-0.2, 0) is 0 Å². The normalized spacial score (nSPS) is 12.9. The molecule has 0 fully saturated rings. The van der Waals surface area contributed by atoms with E-state index < -0.39 is 4.92 Å². The Labute approximate surface area is 69.0 Å². The van der Waals surface area contributed by atoms with Crippen LogP contribution in [0.3, 0.4) is 0 Å². The van der Waals surface area contributed by atoms with E-state index in [9.17, 15) is 10.1 Å². The van der Waals surface area contributed by atoms with Gasteiger partial charge in [-0.05, 0) is 13.6 Å². The smallest absolute Gasteiger partial charge is 0.265 e. The average molecular weight is 175 g/mol. The van der Waals surface area contributed by atoms with Crippen molar-refractivity contribution < 1.29 is 4.92 Å². The molecule has 0 aromatic heterocycles. The van der Waals surface area contributed by atoms with Gasteiger partial charge >= 0.3 is 5.70 Å². The molecule has 0 saturated carbocycles. The van der Waals surface area contributed by atoms with Crippen molar-refractivity contribution in [1.82, 2.24) is 0 Å². The van der Waals surface area contributed by atoms with E-state index in [1.807, 2.05) is 0 Å². The standard InChI is InChI=1S/C6H7ClN2O2/c1-3-5(7)6(4-8-2)9(10)11/h3-4H,2H2,1H3/b5-3+,6-4+. The van der Waals surface area contributed by atoms with Crippen molar-refractivity contribution >= 4 is 18.3 Å². The first-order chi connectivity index (χ1) is 5.13. The molecular formula is C6H7ClN2O2. The molecule has 0 rings (SSSR count). The summed E-state index contributed by atoms with van der Waals surface area (Å²) < 4.78 is 0. The molecule has 0 amide bonds. The van der Waals surface area contributed by atoms with Crippen LogP contribution in [0.1, 0.15) is 6.92 Å². The number of allylic oxidation sites excluding steroid dienone is 2. The summed E-state index contributed by atoms with van der Waals surface area (Å²) >= 11 is 5.47. The number of aliphatic imine (C=N–C) groups is 1. The first-order valence-electron chi connectivity index (χ1n) is 2.76. The monoisotopic (exact) mass is 174 g/mol. The van der Waals surface area contributed by atoms with Crippen molar-refractivity contribution in [2.24, 2.45) is 4.99 Å². The van der Waals surface area contributed by atoms with E-state index in [4.69, 9.17) is 11.6 Å². The summed E-state index contributed by atoms with van der Waals surface area (Å²) in [7, 11) is 0. The maximum Gasteiger partial charge on any atom is 0.305 e. The lowest BCUT2D eigenvalue weighted by atomic mass is 10.4. The number of nitrogens with zero attached hydrogens (tertiary/aromatic N) is 2. The highest BCUT2D eigenvalue weighted by atomic mass is 35.5. The minimum absolute atomic E-state index is 0.0578. The van der Waals surface area contributed by atoms with Gasteiger partial charge in [0.2, 0.25) is 0 Å². The Kier molecular flexibility index (Phi) is 4.14. The second-order valence-electron chi connectivity index (χ2n) is 1.59. The van der Waals surface area contributed by atoms with Gasteiger partial charge in [-0.15, -0.1) is 0 Å². The predicted octanol–water partition coefficient (Wildman–Crippen LogP) is 1.95. The zero-order chi connectivity index (χ0) is 8.85. The van der Waals surface area contributed by atoms with Gasteiger partial charge in [-0.1, -0.05) is 17.7 Å². The Morgan fingerprint density at radius 2 is 2.36 bits per heavy atom. The highest BCUT2D eigenvalue weighted by molar-refractivity contribution is 6.31. The summed E-state index contributed by atoms with van der Waals surface area (Å²) in [6, 6.07) is 0. The van der Waals surface area contributed by atoms with Crippen LogP contribution in [0.5, 0.6) is 0 Å². The van der Waals surface area contributed by atoms with Crippen LogP contribution in [0.2, 0.25) is 0 Å². The van der Waals surface area contributed by atoms with Crippen molar-refractivity contribution in [2.45, 2.75) is 6.92 Å². The molecule has 0 aromatic carbocycles. The summed E-state index contributed by atoms with van der Waals surface area (Å²) in [5, 5.41) is 10.3.